The lowest BCUT2D eigenvalue weighted by atomic mass is 10.3. The molecular formula is C6H6ClF3N2. The van der Waals surface area contributed by atoms with E-state index in [4.69, 9.17) is 11.6 Å². The first-order valence-corrected chi connectivity index (χ1v) is 3.48. The fraction of sp³-hybridized carbons (Fsp3) is 0.500. The van der Waals surface area contributed by atoms with Gasteiger partial charge in [0.05, 0.1) is 0 Å². The standard InChI is InChI=1S/C6H6ClF3N2/c1-3-4(6(8,9)10)11-12(2)5(3)7/h1-2H3. The fourth-order valence-electron chi connectivity index (χ4n) is 0.879. The van der Waals surface area contributed by atoms with Crippen LogP contribution in [0.5, 0.6) is 0 Å². The van der Waals surface area contributed by atoms with Crippen LogP contribution >= 0.6 is 11.6 Å². The molecule has 0 radical (unpaired) electrons. The molecule has 1 aromatic rings. The Hall–Kier alpha value is -0.710. The summed E-state index contributed by atoms with van der Waals surface area (Å²) in [7, 11) is 1.37. The number of nitrogens with zero attached hydrogens (tertiary/aromatic N) is 2. The normalized spacial score (nSPS) is 12.2. The maximum atomic E-state index is 12.1. The molecule has 0 N–H and O–H groups in total. The van der Waals surface area contributed by atoms with Gasteiger partial charge in [-0.1, -0.05) is 11.6 Å². The zero-order valence-electron chi connectivity index (χ0n) is 6.41. The molecule has 0 bridgehead atoms. The van der Waals surface area contributed by atoms with E-state index in [1.54, 1.807) is 0 Å². The predicted molar refractivity (Wildman–Crippen MR) is 38.0 cm³/mol. The number of rotatable bonds is 0. The molecule has 1 rings (SSSR count). The molecule has 6 heteroatoms. The molecule has 0 aliphatic rings. The van der Waals surface area contributed by atoms with Crippen LogP contribution in [0.3, 0.4) is 0 Å². The first kappa shape index (κ1) is 9.38. The lowest BCUT2D eigenvalue weighted by molar-refractivity contribution is -0.141. The largest absolute Gasteiger partial charge is 0.435 e. The molecule has 2 nitrogen and oxygen atoms in total. The molecule has 0 aliphatic heterocycles. The summed E-state index contributed by atoms with van der Waals surface area (Å²) in [4.78, 5) is 0. The molecule has 1 aromatic heterocycles. The third kappa shape index (κ3) is 1.41. The first-order valence-electron chi connectivity index (χ1n) is 3.10. The molecular weight excluding hydrogens is 193 g/mol. The summed E-state index contributed by atoms with van der Waals surface area (Å²) in [5.41, 5.74) is -0.957. The average Bonchev–Trinajstić information content (AvgIpc) is 2.15. The summed E-state index contributed by atoms with van der Waals surface area (Å²) in [6, 6.07) is 0. The van der Waals surface area contributed by atoms with Gasteiger partial charge in [0.15, 0.2) is 5.69 Å². The van der Waals surface area contributed by atoms with Crippen LogP contribution in [-0.2, 0) is 13.2 Å². The lowest BCUT2D eigenvalue weighted by Crippen LogP contribution is -2.08. The summed E-state index contributed by atoms with van der Waals surface area (Å²) in [6.45, 7) is 1.29. The van der Waals surface area contributed by atoms with Gasteiger partial charge in [-0.2, -0.15) is 18.3 Å². The molecule has 68 valence electrons. The summed E-state index contributed by atoms with van der Waals surface area (Å²) >= 11 is 5.50. The summed E-state index contributed by atoms with van der Waals surface area (Å²) in [6.07, 6.45) is -4.42. The van der Waals surface area contributed by atoms with E-state index in [1.807, 2.05) is 0 Å². The highest BCUT2D eigenvalue weighted by molar-refractivity contribution is 6.30. The van der Waals surface area contributed by atoms with E-state index in [0.29, 0.717) is 0 Å². The highest BCUT2D eigenvalue weighted by Crippen LogP contribution is 2.33. The SMILES string of the molecule is Cc1c(C(F)(F)F)nn(C)c1Cl. The number of hydrogen-bond acceptors (Lipinski definition) is 1. The number of halogens is 4. The van der Waals surface area contributed by atoms with Crippen molar-refractivity contribution in [2.75, 3.05) is 0 Å². The van der Waals surface area contributed by atoms with Gasteiger partial charge in [0, 0.05) is 12.6 Å². The second-order valence-electron chi connectivity index (χ2n) is 2.39. The van der Waals surface area contributed by atoms with Gasteiger partial charge in [-0.25, -0.2) is 0 Å². The first-order chi connectivity index (χ1) is 5.34. The van der Waals surface area contributed by atoms with Crippen molar-refractivity contribution < 1.29 is 13.2 Å². The summed E-state index contributed by atoms with van der Waals surface area (Å²) in [5.74, 6) is 0. The van der Waals surface area contributed by atoms with Gasteiger partial charge in [0.2, 0.25) is 0 Å². The van der Waals surface area contributed by atoms with Crippen LogP contribution in [0, 0.1) is 6.92 Å². The van der Waals surface area contributed by atoms with Crippen LogP contribution in [-0.4, -0.2) is 9.78 Å². The Bertz CT molecular complexity index is 302. The number of alkyl halides is 3. The molecule has 0 saturated heterocycles. The van der Waals surface area contributed by atoms with Crippen molar-refractivity contribution in [1.29, 1.82) is 0 Å². The Morgan fingerprint density at radius 2 is 1.92 bits per heavy atom. The molecule has 0 spiro atoms. The van der Waals surface area contributed by atoms with Crippen LogP contribution in [0.4, 0.5) is 13.2 Å². The highest BCUT2D eigenvalue weighted by atomic mass is 35.5. The Balaban J connectivity index is 3.28. The van der Waals surface area contributed by atoms with Gasteiger partial charge < -0.3 is 0 Å². The van der Waals surface area contributed by atoms with E-state index in [-0.39, 0.29) is 10.7 Å². The monoisotopic (exact) mass is 198 g/mol. The van der Waals surface area contributed by atoms with Crippen molar-refractivity contribution >= 4 is 11.6 Å². The Morgan fingerprint density at radius 3 is 2.08 bits per heavy atom. The minimum absolute atomic E-state index is 0.0160. The third-order valence-electron chi connectivity index (χ3n) is 1.47. The van der Waals surface area contributed by atoms with Crippen molar-refractivity contribution in [3.8, 4) is 0 Å². The average molecular weight is 199 g/mol. The molecule has 12 heavy (non-hydrogen) atoms. The molecule has 0 saturated carbocycles. The zero-order valence-corrected chi connectivity index (χ0v) is 7.16. The van der Waals surface area contributed by atoms with E-state index in [2.05, 4.69) is 5.10 Å². The van der Waals surface area contributed by atoms with Crippen LogP contribution in [0.2, 0.25) is 5.15 Å². The maximum absolute atomic E-state index is 12.1. The van der Waals surface area contributed by atoms with Gasteiger partial charge in [-0.05, 0) is 6.92 Å². The quantitative estimate of drug-likeness (QED) is 0.626. The van der Waals surface area contributed by atoms with Crippen molar-refractivity contribution in [2.45, 2.75) is 13.1 Å². The highest BCUT2D eigenvalue weighted by Gasteiger charge is 2.37. The molecule has 0 aromatic carbocycles. The maximum Gasteiger partial charge on any atom is 0.435 e. The smallest absolute Gasteiger partial charge is 0.256 e. The molecule has 1 heterocycles. The number of hydrogen-bond donors (Lipinski definition) is 0. The Kier molecular flexibility index (Phi) is 2.07. The van der Waals surface area contributed by atoms with Crippen molar-refractivity contribution in [3.63, 3.8) is 0 Å². The molecule has 0 unspecified atom stereocenters. The minimum atomic E-state index is -4.42. The molecule has 0 amide bonds. The second-order valence-corrected chi connectivity index (χ2v) is 2.74. The predicted octanol–water partition coefficient (Wildman–Crippen LogP) is 2.40. The van der Waals surface area contributed by atoms with E-state index >= 15 is 0 Å². The summed E-state index contributed by atoms with van der Waals surface area (Å²) in [5, 5.41) is 3.26. The zero-order chi connectivity index (χ0) is 9.52. The molecule has 0 fully saturated rings. The van der Waals surface area contributed by atoms with Gasteiger partial charge >= 0.3 is 6.18 Å². The number of aromatic nitrogens is 2. The van der Waals surface area contributed by atoms with Crippen molar-refractivity contribution in [3.05, 3.63) is 16.4 Å². The van der Waals surface area contributed by atoms with E-state index < -0.39 is 11.9 Å². The van der Waals surface area contributed by atoms with Crippen molar-refractivity contribution in [1.82, 2.24) is 9.78 Å². The lowest BCUT2D eigenvalue weighted by Gasteiger charge is -2.01. The van der Waals surface area contributed by atoms with E-state index in [1.165, 1.54) is 14.0 Å². The number of aryl methyl sites for hydroxylation is 1. The third-order valence-corrected chi connectivity index (χ3v) is 2.00. The minimum Gasteiger partial charge on any atom is -0.256 e. The second kappa shape index (κ2) is 2.65. The van der Waals surface area contributed by atoms with Gasteiger partial charge in [0.1, 0.15) is 5.15 Å². The van der Waals surface area contributed by atoms with Crippen LogP contribution in [0.15, 0.2) is 0 Å². The molecule has 0 aliphatic carbocycles. The van der Waals surface area contributed by atoms with Crippen molar-refractivity contribution in [2.24, 2.45) is 7.05 Å². The van der Waals surface area contributed by atoms with Crippen LogP contribution in [0.1, 0.15) is 11.3 Å². The van der Waals surface area contributed by atoms with E-state index in [0.717, 1.165) is 4.68 Å². The van der Waals surface area contributed by atoms with Crippen LogP contribution < -0.4 is 0 Å². The topological polar surface area (TPSA) is 17.8 Å². The van der Waals surface area contributed by atoms with Gasteiger partial charge in [0.25, 0.3) is 0 Å². The summed E-state index contributed by atoms with van der Waals surface area (Å²) < 4.78 is 37.3. The van der Waals surface area contributed by atoms with Crippen LogP contribution in [0.25, 0.3) is 0 Å². The molecule has 0 atom stereocenters. The fourth-order valence-corrected chi connectivity index (χ4v) is 1.01. The Morgan fingerprint density at radius 1 is 1.42 bits per heavy atom. The Labute approximate surface area is 71.9 Å². The van der Waals surface area contributed by atoms with Gasteiger partial charge in [-0.15, -0.1) is 0 Å². The van der Waals surface area contributed by atoms with E-state index in [9.17, 15) is 13.2 Å². The van der Waals surface area contributed by atoms with Gasteiger partial charge in [-0.3, -0.25) is 4.68 Å².